The molecule has 0 fully saturated rings. The van der Waals surface area contributed by atoms with Crippen LogP contribution in [0, 0.1) is 0 Å². The molecule has 100 valence electrons. The summed E-state index contributed by atoms with van der Waals surface area (Å²) < 4.78 is 0. The highest BCUT2D eigenvalue weighted by atomic mass is 14.9. The number of anilines is 1. The van der Waals surface area contributed by atoms with E-state index >= 15 is 0 Å². The molecular weight excluding hydrogens is 244 g/mol. The molecule has 1 heterocycles. The molecule has 3 rings (SSSR count). The number of nitrogens with one attached hydrogen (secondary N) is 1. The van der Waals surface area contributed by atoms with Crippen LogP contribution < -0.4 is 5.32 Å². The van der Waals surface area contributed by atoms with Gasteiger partial charge in [0.1, 0.15) is 0 Å². The lowest BCUT2D eigenvalue weighted by atomic mass is 10.0. The Morgan fingerprint density at radius 3 is 2.60 bits per heavy atom. The molecule has 1 aromatic heterocycles. The van der Waals surface area contributed by atoms with Crippen molar-refractivity contribution in [2.75, 3.05) is 11.9 Å². The predicted octanol–water partition coefficient (Wildman–Crippen LogP) is 4.45. The maximum absolute atomic E-state index is 4.47. The van der Waals surface area contributed by atoms with E-state index in [0.29, 0.717) is 5.92 Å². The minimum absolute atomic E-state index is 0.475. The molecule has 0 amide bonds. The van der Waals surface area contributed by atoms with Crippen LogP contribution in [0.4, 0.5) is 5.69 Å². The lowest BCUT2D eigenvalue weighted by molar-refractivity contribution is 0.804. The van der Waals surface area contributed by atoms with Crippen LogP contribution in [0.3, 0.4) is 0 Å². The number of pyridine rings is 1. The second kappa shape index (κ2) is 5.74. The van der Waals surface area contributed by atoms with Crippen LogP contribution in [-0.4, -0.2) is 11.5 Å². The Kier molecular flexibility index (Phi) is 3.64. The summed E-state index contributed by atoms with van der Waals surface area (Å²) in [7, 11) is 0. The smallest absolute Gasteiger partial charge is 0.0703 e. The summed E-state index contributed by atoms with van der Waals surface area (Å²) in [6.45, 7) is 3.14. The fourth-order valence-corrected chi connectivity index (χ4v) is 2.34. The van der Waals surface area contributed by atoms with E-state index in [4.69, 9.17) is 0 Å². The number of para-hydroxylation sites is 1. The van der Waals surface area contributed by atoms with E-state index in [2.05, 4.69) is 59.7 Å². The molecule has 2 heteroatoms. The summed E-state index contributed by atoms with van der Waals surface area (Å²) in [6.07, 6.45) is 1.90. The van der Waals surface area contributed by atoms with Crippen molar-refractivity contribution in [1.82, 2.24) is 4.98 Å². The third kappa shape index (κ3) is 2.80. The molecule has 1 unspecified atom stereocenters. The summed E-state index contributed by atoms with van der Waals surface area (Å²) >= 11 is 0. The first-order valence-electron chi connectivity index (χ1n) is 6.96. The quantitative estimate of drug-likeness (QED) is 0.751. The van der Waals surface area contributed by atoms with Crippen molar-refractivity contribution in [2.45, 2.75) is 12.8 Å². The summed E-state index contributed by atoms with van der Waals surface area (Å²) in [4.78, 5) is 4.47. The first kappa shape index (κ1) is 12.7. The molecule has 1 atom stereocenters. The van der Waals surface area contributed by atoms with Crippen molar-refractivity contribution in [3.8, 4) is 0 Å². The maximum Gasteiger partial charge on any atom is 0.0703 e. The molecule has 0 aliphatic carbocycles. The summed E-state index contributed by atoms with van der Waals surface area (Å²) in [5, 5.41) is 4.64. The molecule has 0 saturated heterocycles. The summed E-state index contributed by atoms with van der Waals surface area (Å²) in [5.74, 6) is 0.475. The fraction of sp³-hybridized carbons (Fsp3) is 0.167. The Morgan fingerprint density at radius 2 is 1.75 bits per heavy atom. The van der Waals surface area contributed by atoms with Crippen molar-refractivity contribution < 1.29 is 0 Å². The minimum atomic E-state index is 0.475. The van der Waals surface area contributed by atoms with Crippen LogP contribution in [0.1, 0.15) is 18.4 Å². The van der Waals surface area contributed by atoms with Gasteiger partial charge in [0.25, 0.3) is 0 Å². The van der Waals surface area contributed by atoms with E-state index in [0.717, 1.165) is 17.7 Å². The highest BCUT2D eigenvalue weighted by molar-refractivity contribution is 5.81. The van der Waals surface area contributed by atoms with Gasteiger partial charge in [0.15, 0.2) is 0 Å². The largest absolute Gasteiger partial charge is 0.383 e. The third-order valence-corrected chi connectivity index (χ3v) is 3.57. The van der Waals surface area contributed by atoms with Gasteiger partial charge in [-0.15, -0.1) is 0 Å². The van der Waals surface area contributed by atoms with Gasteiger partial charge in [0.05, 0.1) is 17.4 Å². The van der Waals surface area contributed by atoms with E-state index < -0.39 is 0 Å². The number of fused-ring (bicyclic) bond motifs is 1. The first-order chi connectivity index (χ1) is 9.83. The molecule has 0 aliphatic heterocycles. The molecule has 3 aromatic rings. The topological polar surface area (TPSA) is 24.9 Å². The normalized spacial score (nSPS) is 12.2. The monoisotopic (exact) mass is 262 g/mol. The van der Waals surface area contributed by atoms with Gasteiger partial charge in [-0.05, 0) is 23.6 Å². The van der Waals surface area contributed by atoms with Gasteiger partial charge < -0.3 is 5.32 Å². The van der Waals surface area contributed by atoms with Gasteiger partial charge in [0.2, 0.25) is 0 Å². The van der Waals surface area contributed by atoms with Gasteiger partial charge in [-0.2, -0.15) is 0 Å². The molecule has 20 heavy (non-hydrogen) atoms. The van der Waals surface area contributed by atoms with E-state index in [-0.39, 0.29) is 0 Å². The van der Waals surface area contributed by atoms with E-state index in [1.54, 1.807) is 0 Å². The van der Waals surface area contributed by atoms with Crippen molar-refractivity contribution in [3.63, 3.8) is 0 Å². The number of benzene rings is 2. The van der Waals surface area contributed by atoms with Gasteiger partial charge in [-0.1, -0.05) is 55.5 Å². The molecule has 2 nitrogen and oxygen atoms in total. The number of aromatic nitrogens is 1. The first-order valence-corrected chi connectivity index (χ1v) is 6.96. The van der Waals surface area contributed by atoms with Crippen molar-refractivity contribution in [3.05, 3.63) is 72.4 Å². The molecule has 0 radical (unpaired) electrons. The Bertz CT molecular complexity index is 692. The molecule has 2 aromatic carbocycles. The van der Waals surface area contributed by atoms with Gasteiger partial charge in [0, 0.05) is 11.9 Å². The minimum Gasteiger partial charge on any atom is -0.383 e. The van der Waals surface area contributed by atoms with Crippen LogP contribution in [0.2, 0.25) is 0 Å². The Hall–Kier alpha value is -2.35. The second-order valence-electron chi connectivity index (χ2n) is 5.11. The average Bonchev–Trinajstić information content (AvgIpc) is 2.53. The van der Waals surface area contributed by atoms with Crippen LogP contribution in [0.5, 0.6) is 0 Å². The van der Waals surface area contributed by atoms with Crippen LogP contribution in [0.15, 0.2) is 66.9 Å². The van der Waals surface area contributed by atoms with Crippen molar-refractivity contribution in [1.29, 1.82) is 0 Å². The van der Waals surface area contributed by atoms with Crippen molar-refractivity contribution >= 4 is 16.6 Å². The van der Waals surface area contributed by atoms with E-state index in [1.807, 2.05) is 24.4 Å². The summed E-state index contributed by atoms with van der Waals surface area (Å²) in [6, 6.07) is 20.9. The summed E-state index contributed by atoms with van der Waals surface area (Å²) in [5.41, 5.74) is 3.47. The third-order valence-electron chi connectivity index (χ3n) is 3.57. The van der Waals surface area contributed by atoms with Gasteiger partial charge in [-0.3, -0.25) is 4.98 Å². The van der Waals surface area contributed by atoms with E-state index in [1.165, 1.54) is 10.9 Å². The number of hydrogen-bond donors (Lipinski definition) is 1. The Morgan fingerprint density at radius 1 is 1.00 bits per heavy atom. The highest BCUT2D eigenvalue weighted by Crippen LogP contribution is 2.19. The Balaban J connectivity index is 1.70. The number of nitrogens with zero attached hydrogens (tertiary/aromatic N) is 1. The van der Waals surface area contributed by atoms with Crippen LogP contribution in [0.25, 0.3) is 10.9 Å². The van der Waals surface area contributed by atoms with Crippen LogP contribution in [-0.2, 0) is 0 Å². The lowest BCUT2D eigenvalue weighted by Gasteiger charge is -2.14. The fourth-order valence-electron chi connectivity index (χ4n) is 2.34. The Labute approximate surface area is 119 Å². The molecule has 0 saturated carbocycles. The number of rotatable bonds is 4. The molecule has 1 N–H and O–H groups in total. The van der Waals surface area contributed by atoms with Gasteiger partial charge in [-0.25, -0.2) is 0 Å². The zero-order valence-electron chi connectivity index (χ0n) is 11.6. The highest BCUT2D eigenvalue weighted by Gasteiger charge is 2.04. The lowest BCUT2D eigenvalue weighted by Crippen LogP contribution is -2.09. The molecule has 0 spiro atoms. The second-order valence-corrected chi connectivity index (χ2v) is 5.11. The average molecular weight is 262 g/mol. The molecular formula is C18H18N2. The standard InChI is InChI=1S/C18H18N2/c1-14(15-7-3-2-4-8-15)12-19-17-11-16-9-5-6-10-18(16)20-13-17/h2-11,13-14,19H,12H2,1H3. The molecule has 0 bridgehead atoms. The van der Waals surface area contributed by atoms with Gasteiger partial charge >= 0.3 is 0 Å². The van der Waals surface area contributed by atoms with Crippen molar-refractivity contribution in [2.24, 2.45) is 0 Å². The van der Waals surface area contributed by atoms with Crippen LogP contribution >= 0.6 is 0 Å². The SMILES string of the molecule is CC(CNc1cnc2ccccc2c1)c1ccccc1. The van der Waals surface area contributed by atoms with E-state index in [9.17, 15) is 0 Å². The zero-order chi connectivity index (χ0) is 13.8. The maximum atomic E-state index is 4.47. The molecule has 0 aliphatic rings. The number of hydrogen-bond acceptors (Lipinski definition) is 2. The predicted molar refractivity (Wildman–Crippen MR) is 85.1 cm³/mol. The zero-order valence-corrected chi connectivity index (χ0v) is 11.6.